The quantitative estimate of drug-likeness (QED) is 0.780. The van der Waals surface area contributed by atoms with Gasteiger partial charge in [0.05, 0.1) is 12.3 Å². The van der Waals surface area contributed by atoms with Gasteiger partial charge in [0.2, 0.25) is 11.8 Å². The Kier molecular flexibility index (Phi) is 4.57. The van der Waals surface area contributed by atoms with E-state index in [1.807, 2.05) is 13.8 Å². The van der Waals surface area contributed by atoms with E-state index in [-0.39, 0.29) is 6.42 Å². The molecule has 4 amide bonds. The van der Waals surface area contributed by atoms with Crippen molar-refractivity contribution < 1.29 is 19.1 Å². The summed E-state index contributed by atoms with van der Waals surface area (Å²) in [5.41, 5.74) is 0.378. The summed E-state index contributed by atoms with van der Waals surface area (Å²) in [7, 11) is 0. The van der Waals surface area contributed by atoms with E-state index >= 15 is 0 Å². The van der Waals surface area contributed by atoms with Gasteiger partial charge in [-0.3, -0.25) is 14.5 Å². The Labute approximate surface area is 123 Å². The van der Waals surface area contributed by atoms with Crippen LogP contribution in [0.3, 0.4) is 0 Å². The average Bonchev–Trinajstić information content (AvgIpc) is 2.45. The number of carbonyl (C=O) groups is 3. The number of imide groups is 2. The number of rotatable bonds is 5. The number of hydrogen-bond donors (Lipinski definition) is 0. The Morgan fingerprint density at radius 2 is 1.81 bits per heavy atom. The van der Waals surface area contributed by atoms with Crippen LogP contribution in [0.5, 0.6) is 5.75 Å². The Bertz CT molecular complexity index is 571. The number of nitrogens with zero attached hydrogens (tertiary/aromatic N) is 2. The first kappa shape index (κ1) is 15.0. The van der Waals surface area contributed by atoms with Gasteiger partial charge in [0.15, 0.2) is 0 Å². The fraction of sp³-hybridized carbons (Fsp3) is 0.400. The summed E-state index contributed by atoms with van der Waals surface area (Å²) in [5.74, 6) is -0.519. The van der Waals surface area contributed by atoms with E-state index in [0.29, 0.717) is 31.0 Å². The summed E-state index contributed by atoms with van der Waals surface area (Å²) >= 11 is 0. The third-order valence-electron chi connectivity index (χ3n) is 3.13. The molecule has 0 unspecified atom stereocenters. The van der Waals surface area contributed by atoms with Crippen molar-refractivity contribution in [1.29, 1.82) is 0 Å². The molecule has 1 heterocycles. The molecule has 1 aromatic carbocycles. The molecule has 6 nitrogen and oxygen atoms in total. The zero-order chi connectivity index (χ0) is 15.4. The standard InChI is InChI=1S/C15H18N2O4/c1-3-9-16-13(18)10-14(19)17(15(16)20)11-7-5-6-8-12(11)21-4-2/h5-8H,3-4,9-10H2,1-2H3. The topological polar surface area (TPSA) is 66.9 Å². The lowest BCUT2D eigenvalue weighted by molar-refractivity contribution is -0.134. The van der Waals surface area contributed by atoms with E-state index < -0.39 is 17.8 Å². The second kappa shape index (κ2) is 6.39. The van der Waals surface area contributed by atoms with Gasteiger partial charge in [-0.2, -0.15) is 0 Å². The van der Waals surface area contributed by atoms with E-state index in [1.165, 1.54) is 0 Å². The van der Waals surface area contributed by atoms with Crippen LogP contribution in [0.2, 0.25) is 0 Å². The maximum Gasteiger partial charge on any atom is 0.338 e. The molecule has 1 aliphatic heterocycles. The molecule has 0 bridgehead atoms. The van der Waals surface area contributed by atoms with Crippen LogP contribution in [-0.4, -0.2) is 35.9 Å². The van der Waals surface area contributed by atoms with E-state index in [0.717, 1.165) is 9.80 Å². The molecule has 0 aliphatic carbocycles. The van der Waals surface area contributed by atoms with Gasteiger partial charge in [0.25, 0.3) is 0 Å². The monoisotopic (exact) mass is 290 g/mol. The van der Waals surface area contributed by atoms with Gasteiger partial charge in [-0.1, -0.05) is 19.1 Å². The van der Waals surface area contributed by atoms with Crippen LogP contribution in [0.25, 0.3) is 0 Å². The Morgan fingerprint density at radius 1 is 1.10 bits per heavy atom. The van der Waals surface area contributed by atoms with Crippen LogP contribution in [0.4, 0.5) is 10.5 Å². The van der Waals surface area contributed by atoms with Gasteiger partial charge in [-0.15, -0.1) is 0 Å². The Balaban J connectivity index is 2.39. The number of anilines is 1. The molecule has 1 saturated heterocycles. The molecular weight excluding hydrogens is 272 g/mol. The molecule has 112 valence electrons. The highest BCUT2D eigenvalue weighted by atomic mass is 16.5. The summed E-state index contributed by atoms with van der Waals surface area (Å²) in [6.07, 6.45) is 0.346. The number of amides is 4. The lowest BCUT2D eigenvalue weighted by Gasteiger charge is -2.33. The molecule has 2 rings (SSSR count). The zero-order valence-electron chi connectivity index (χ0n) is 12.2. The van der Waals surface area contributed by atoms with Crippen LogP contribution in [-0.2, 0) is 9.59 Å². The van der Waals surface area contributed by atoms with E-state index in [2.05, 4.69) is 0 Å². The van der Waals surface area contributed by atoms with Gasteiger partial charge < -0.3 is 4.74 Å². The molecule has 6 heteroatoms. The predicted molar refractivity (Wildman–Crippen MR) is 77.1 cm³/mol. The third-order valence-corrected chi connectivity index (χ3v) is 3.13. The molecule has 0 saturated carbocycles. The molecule has 0 spiro atoms. The average molecular weight is 290 g/mol. The van der Waals surface area contributed by atoms with Crippen molar-refractivity contribution in [1.82, 2.24) is 4.90 Å². The maximum absolute atomic E-state index is 12.4. The molecule has 0 atom stereocenters. The first-order chi connectivity index (χ1) is 10.1. The fourth-order valence-corrected chi connectivity index (χ4v) is 2.24. The van der Waals surface area contributed by atoms with E-state index in [4.69, 9.17) is 4.74 Å². The van der Waals surface area contributed by atoms with Crippen LogP contribution < -0.4 is 9.64 Å². The summed E-state index contributed by atoms with van der Waals surface area (Å²) in [6.45, 7) is 4.42. The van der Waals surface area contributed by atoms with Gasteiger partial charge >= 0.3 is 6.03 Å². The molecule has 1 fully saturated rings. The highest BCUT2D eigenvalue weighted by molar-refractivity contribution is 6.26. The summed E-state index contributed by atoms with van der Waals surface area (Å²) < 4.78 is 5.46. The Morgan fingerprint density at radius 3 is 2.48 bits per heavy atom. The van der Waals surface area contributed by atoms with Gasteiger partial charge in [-0.25, -0.2) is 9.69 Å². The zero-order valence-corrected chi connectivity index (χ0v) is 12.2. The summed E-state index contributed by atoms with van der Waals surface area (Å²) in [5, 5.41) is 0. The van der Waals surface area contributed by atoms with E-state index in [1.54, 1.807) is 24.3 Å². The lowest BCUT2D eigenvalue weighted by Crippen LogP contribution is -2.55. The molecular formula is C15H18N2O4. The summed E-state index contributed by atoms with van der Waals surface area (Å²) in [6, 6.07) is 6.22. The van der Waals surface area contributed by atoms with Crippen molar-refractivity contribution in [2.75, 3.05) is 18.1 Å². The Hall–Kier alpha value is -2.37. The van der Waals surface area contributed by atoms with Crippen molar-refractivity contribution in [3.63, 3.8) is 0 Å². The van der Waals surface area contributed by atoms with Gasteiger partial charge in [-0.05, 0) is 25.5 Å². The van der Waals surface area contributed by atoms with Crippen LogP contribution in [0, 0.1) is 0 Å². The lowest BCUT2D eigenvalue weighted by atomic mass is 10.2. The van der Waals surface area contributed by atoms with Gasteiger partial charge in [0, 0.05) is 6.54 Å². The first-order valence-electron chi connectivity index (χ1n) is 6.99. The highest BCUT2D eigenvalue weighted by Gasteiger charge is 2.39. The number of carbonyl (C=O) groups excluding carboxylic acids is 3. The minimum atomic E-state index is -0.606. The van der Waals surface area contributed by atoms with Crippen molar-refractivity contribution in [3.8, 4) is 5.75 Å². The normalized spacial score (nSPS) is 15.6. The van der Waals surface area contributed by atoms with Crippen molar-refractivity contribution in [2.24, 2.45) is 0 Å². The first-order valence-corrected chi connectivity index (χ1v) is 6.99. The smallest absolute Gasteiger partial charge is 0.338 e. The van der Waals surface area contributed by atoms with Crippen molar-refractivity contribution in [2.45, 2.75) is 26.7 Å². The highest BCUT2D eigenvalue weighted by Crippen LogP contribution is 2.31. The van der Waals surface area contributed by atoms with Crippen molar-refractivity contribution >= 4 is 23.5 Å². The molecule has 1 aromatic rings. The number of benzene rings is 1. The molecule has 0 radical (unpaired) electrons. The summed E-state index contributed by atoms with van der Waals surface area (Å²) in [4.78, 5) is 38.5. The SMILES string of the molecule is CCCN1C(=O)CC(=O)N(c2ccccc2OCC)C1=O. The number of barbiturate groups is 1. The van der Waals surface area contributed by atoms with Crippen LogP contribution in [0.15, 0.2) is 24.3 Å². The number of para-hydroxylation sites is 2. The molecule has 0 N–H and O–H groups in total. The number of urea groups is 1. The minimum Gasteiger partial charge on any atom is -0.492 e. The largest absolute Gasteiger partial charge is 0.492 e. The minimum absolute atomic E-state index is 0.299. The predicted octanol–water partition coefficient (Wildman–Crippen LogP) is 2.18. The second-order valence-electron chi connectivity index (χ2n) is 4.63. The fourth-order valence-electron chi connectivity index (χ4n) is 2.24. The van der Waals surface area contributed by atoms with Gasteiger partial charge in [0.1, 0.15) is 12.2 Å². The number of ether oxygens (including phenoxy) is 1. The molecule has 21 heavy (non-hydrogen) atoms. The number of hydrogen-bond acceptors (Lipinski definition) is 4. The second-order valence-corrected chi connectivity index (χ2v) is 4.63. The van der Waals surface area contributed by atoms with Crippen LogP contribution >= 0.6 is 0 Å². The van der Waals surface area contributed by atoms with Crippen LogP contribution in [0.1, 0.15) is 26.7 Å². The third kappa shape index (κ3) is 2.89. The van der Waals surface area contributed by atoms with E-state index in [9.17, 15) is 14.4 Å². The maximum atomic E-state index is 12.4. The van der Waals surface area contributed by atoms with Crippen molar-refractivity contribution in [3.05, 3.63) is 24.3 Å². The molecule has 0 aromatic heterocycles. The molecule has 1 aliphatic rings.